The minimum atomic E-state index is -1.34. The number of carbonyl (C=O) groups is 1. The number of aromatic nitrogens is 1. The van der Waals surface area contributed by atoms with E-state index in [1.165, 1.54) is 27.4 Å². The number of hydrogen-bond donors (Lipinski definition) is 2. The summed E-state index contributed by atoms with van der Waals surface area (Å²) in [5, 5.41) is 6.29. The molecule has 0 aliphatic carbocycles. The first-order valence-electron chi connectivity index (χ1n) is 9.93. The minimum Gasteiger partial charge on any atom is -0.357 e. The summed E-state index contributed by atoms with van der Waals surface area (Å²) in [6.07, 6.45) is 0.708. The highest BCUT2D eigenvalue weighted by Crippen LogP contribution is 2.35. The molecule has 4 nitrogen and oxygen atoms in total. The highest BCUT2D eigenvalue weighted by atomic mass is 28.3. The van der Waals surface area contributed by atoms with Crippen molar-refractivity contribution in [3.05, 3.63) is 65.4 Å². The van der Waals surface area contributed by atoms with Crippen LogP contribution in [0, 0.1) is 0 Å². The molecule has 1 aromatic heterocycles. The summed E-state index contributed by atoms with van der Waals surface area (Å²) in [5.74, 6) is 0.125. The Morgan fingerprint density at radius 3 is 2.36 bits per heavy atom. The zero-order valence-corrected chi connectivity index (χ0v) is 18.3. The van der Waals surface area contributed by atoms with Gasteiger partial charge in [-0.05, 0) is 23.6 Å². The Kier molecular flexibility index (Phi) is 4.68. The van der Waals surface area contributed by atoms with Crippen molar-refractivity contribution in [2.75, 3.05) is 14.1 Å². The molecule has 1 amide bonds. The first kappa shape index (κ1) is 19.0. The van der Waals surface area contributed by atoms with Gasteiger partial charge < -0.3 is 9.88 Å². The molecule has 0 spiro atoms. The zero-order chi connectivity index (χ0) is 20.1. The number of rotatable bonds is 3. The second-order valence-electron chi connectivity index (χ2n) is 9.02. The number of carbonyl (C=O) groups excluding carboxylic acids is 1. The van der Waals surface area contributed by atoms with E-state index in [9.17, 15) is 4.79 Å². The van der Waals surface area contributed by atoms with Gasteiger partial charge in [-0.15, -0.1) is 0 Å². The molecular weight excluding hydrogens is 362 g/mol. The van der Waals surface area contributed by atoms with E-state index in [0.717, 1.165) is 5.52 Å². The fraction of sp³-hybridized carbons (Fsp3) is 0.348. The van der Waals surface area contributed by atoms with Crippen LogP contribution in [0.15, 0.2) is 48.5 Å². The van der Waals surface area contributed by atoms with Gasteiger partial charge in [0, 0.05) is 30.7 Å². The van der Waals surface area contributed by atoms with E-state index in [2.05, 4.69) is 78.5 Å². The molecule has 146 valence electrons. The maximum Gasteiger partial charge on any atom is 0.239 e. The van der Waals surface area contributed by atoms with Crippen LogP contribution in [-0.4, -0.2) is 44.0 Å². The summed E-state index contributed by atoms with van der Waals surface area (Å²) in [7, 11) is 2.31. The van der Waals surface area contributed by atoms with Crippen molar-refractivity contribution in [1.82, 2.24) is 15.2 Å². The Morgan fingerprint density at radius 1 is 1.04 bits per heavy atom. The van der Waals surface area contributed by atoms with E-state index in [4.69, 9.17) is 0 Å². The van der Waals surface area contributed by atoms with Gasteiger partial charge in [0.05, 0.1) is 20.2 Å². The Morgan fingerprint density at radius 2 is 1.71 bits per heavy atom. The average Bonchev–Trinajstić information content (AvgIpc) is 3.04. The van der Waals surface area contributed by atoms with E-state index in [0.29, 0.717) is 6.42 Å². The topological polar surface area (TPSA) is 48.1 Å². The molecule has 2 atom stereocenters. The van der Waals surface area contributed by atoms with Gasteiger partial charge in [-0.25, -0.2) is 0 Å². The first-order valence-corrected chi connectivity index (χ1v) is 13.4. The molecule has 0 saturated carbocycles. The molecule has 5 heteroatoms. The summed E-state index contributed by atoms with van der Waals surface area (Å²) in [5.41, 5.74) is 4.78. The van der Waals surface area contributed by atoms with Crippen molar-refractivity contribution < 1.29 is 4.79 Å². The van der Waals surface area contributed by atoms with Crippen LogP contribution in [0.4, 0.5) is 0 Å². The molecule has 4 rings (SSSR count). The van der Waals surface area contributed by atoms with Gasteiger partial charge in [0.15, 0.2) is 0 Å². The highest BCUT2D eigenvalue weighted by Gasteiger charge is 2.34. The lowest BCUT2D eigenvalue weighted by molar-refractivity contribution is -0.131. The lowest BCUT2D eigenvalue weighted by Gasteiger charge is -2.32. The van der Waals surface area contributed by atoms with Gasteiger partial charge >= 0.3 is 0 Å². The van der Waals surface area contributed by atoms with Crippen LogP contribution < -0.4 is 10.5 Å². The highest BCUT2D eigenvalue weighted by molar-refractivity contribution is 6.88. The molecule has 2 heterocycles. The van der Waals surface area contributed by atoms with Crippen molar-refractivity contribution in [1.29, 1.82) is 0 Å². The van der Waals surface area contributed by atoms with Crippen LogP contribution in [0.1, 0.15) is 22.9 Å². The Balaban J connectivity index is 1.80. The molecule has 0 unspecified atom stereocenters. The number of para-hydroxylation sites is 1. The molecule has 2 N–H and O–H groups in total. The van der Waals surface area contributed by atoms with Gasteiger partial charge in [-0.2, -0.15) is 0 Å². The molecule has 0 saturated heterocycles. The van der Waals surface area contributed by atoms with Crippen molar-refractivity contribution >= 4 is 30.1 Å². The summed E-state index contributed by atoms with van der Waals surface area (Å²) < 4.78 is 0. The van der Waals surface area contributed by atoms with Gasteiger partial charge in [-0.1, -0.05) is 67.3 Å². The lowest BCUT2D eigenvalue weighted by Crippen LogP contribution is -2.49. The molecule has 0 radical (unpaired) electrons. The van der Waals surface area contributed by atoms with Gasteiger partial charge in [0.2, 0.25) is 5.91 Å². The van der Waals surface area contributed by atoms with E-state index in [1.807, 2.05) is 14.1 Å². The zero-order valence-electron chi connectivity index (χ0n) is 17.3. The fourth-order valence-electron chi connectivity index (χ4n) is 4.14. The molecule has 1 aliphatic rings. The summed E-state index contributed by atoms with van der Waals surface area (Å²) >= 11 is 0. The largest absolute Gasteiger partial charge is 0.357 e. The normalized spacial score (nSPS) is 19.5. The van der Waals surface area contributed by atoms with E-state index in [-0.39, 0.29) is 18.0 Å². The van der Waals surface area contributed by atoms with Crippen LogP contribution in [0.25, 0.3) is 10.9 Å². The number of fused-ring (bicyclic) bond motifs is 3. The number of amides is 1. The molecule has 0 fully saturated rings. The van der Waals surface area contributed by atoms with E-state index < -0.39 is 8.07 Å². The number of hydrogen-bond acceptors (Lipinski definition) is 2. The second kappa shape index (κ2) is 6.90. The molecular formula is C23H29N3OSi. The van der Waals surface area contributed by atoms with Gasteiger partial charge in [0.25, 0.3) is 0 Å². The number of aromatic amines is 1. The third kappa shape index (κ3) is 3.29. The SMILES string of the molecule is CN(C)C(=O)[C@H]1Cc2c([nH]c3ccccc23)[C@H](c2ccc([Si](C)(C)C)cc2)N1. The first-order chi connectivity index (χ1) is 13.3. The molecule has 0 bridgehead atoms. The van der Waals surface area contributed by atoms with Crippen LogP contribution >= 0.6 is 0 Å². The van der Waals surface area contributed by atoms with Gasteiger partial charge in [0.1, 0.15) is 0 Å². The summed E-state index contributed by atoms with van der Waals surface area (Å²) in [6.45, 7) is 7.09. The molecule has 3 aromatic rings. The monoisotopic (exact) mass is 391 g/mol. The molecule has 1 aliphatic heterocycles. The number of nitrogens with one attached hydrogen (secondary N) is 2. The standard InChI is InChI=1S/C23H29N3OSi/c1-26(2)23(27)20-14-18-17-8-6-7-9-19(17)24-22(18)21(25-20)15-10-12-16(13-11-15)28(3,4)5/h6-13,20-21,24-25H,14H2,1-5H3/t20-,21+/m1/s1. The third-order valence-corrected chi connectivity index (χ3v) is 7.83. The number of nitrogens with zero attached hydrogens (tertiary/aromatic N) is 1. The average molecular weight is 392 g/mol. The van der Waals surface area contributed by atoms with Gasteiger partial charge in [-0.3, -0.25) is 10.1 Å². The lowest BCUT2D eigenvalue weighted by atomic mass is 9.90. The Hall–Kier alpha value is -2.37. The molecule has 28 heavy (non-hydrogen) atoms. The fourth-order valence-corrected chi connectivity index (χ4v) is 5.31. The maximum absolute atomic E-state index is 12.8. The van der Waals surface area contributed by atoms with Crippen LogP contribution in [0.2, 0.25) is 19.6 Å². The Labute approximate surface area is 168 Å². The number of likely N-dealkylation sites (N-methyl/N-ethyl adjacent to an activating group) is 1. The van der Waals surface area contributed by atoms with E-state index >= 15 is 0 Å². The van der Waals surface area contributed by atoms with Crippen molar-refractivity contribution in [2.45, 2.75) is 38.1 Å². The number of benzene rings is 2. The molecule has 2 aromatic carbocycles. The minimum absolute atomic E-state index is 0.0132. The van der Waals surface area contributed by atoms with Crippen molar-refractivity contribution in [2.24, 2.45) is 0 Å². The Bertz CT molecular complexity index is 1010. The third-order valence-electron chi connectivity index (χ3n) is 5.76. The number of H-pyrrole nitrogens is 1. The quantitative estimate of drug-likeness (QED) is 0.672. The maximum atomic E-state index is 12.8. The van der Waals surface area contributed by atoms with Crippen LogP contribution in [0.5, 0.6) is 0 Å². The predicted molar refractivity (Wildman–Crippen MR) is 119 cm³/mol. The summed E-state index contributed by atoms with van der Waals surface area (Å²) in [4.78, 5) is 18.1. The predicted octanol–water partition coefficient (Wildman–Crippen LogP) is 3.41. The van der Waals surface area contributed by atoms with Crippen LogP contribution in [-0.2, 0) is 11.2 Å². The second-order valence-corrected chi connectivity index (χ2v) is 14.1. The van der Waals surface area contributed by atoms with Crippen LogP contribution in [0.3, 0.4) is 0 Å². The van der Waals surface area contributed by atoms with E-state index in [1.54, 1.807) is 4.90 Å². The smallest absolute Gasteiger partial charge is 0.239 e. The van der Waals surface area contributed by atoms with Crippen molar-refractivity contribution in [3.8, 4) is 0 Å². The summed E-state index contributed by atoms with van der Waals surface area (Å²) in [6, 6.07) is 17.1. The van der Waals surface area contributed by atoms with Crippen molar-refractivity contribution in [3.63, 3.8) is 0 Å².